The average molecular weight is 389 g/mol. The van der Waals surface area contributed by atoms with E-state index in [0.717, 1.165) is 44.1 Å². The molecule has 0 saturated carbocycles. The van der Waals surface area contributed by atoms with Crippen LogP contribution in [0.4, 0.5) is 0 Å². The monoisotopic (exact) mass is 389 g/mol. The van der Waals surface area contributed by atoms with Crippen LogP contribution in [-0.4, -0.2) is 18.4 Å². The van der Waals surface area contributed by atoms with Crippen molar-refractivity contribution in [1.29, 1.82) is 5.26 Å². The van der Waals surface area contributed by atoms with Gasteiger partial charge in [0.15, 0.2) is 5.78 Å². The van der Waals surface area contributed by atoms with Crippen LogP contribution in [0.1, 0.15) is 62.7 Å². The van der Waals surface area contributed by atoms with Gasteiger partial charge in [-0.25, -0.2) is 4.79 Å². The molecule has 0 heterocycles. The SMILES string of the molecule is CCCCC(CC)COC(=O)/C(C#N)=c1\cccc2c1=CC1=CCCC=C1C2=O. The van der Waals surface area contributed by atoms with E-state index in [0.29, 0.717) is 34.1 Å². The van der Waals surface area contributed by atoms with Gasteiger partial charge in [-0.2, -0.15) is 5.26 Å². The van der Waals surface area contributed by atoms with Crippen molar-refractivity contribution >= 4 is 23.4 Å². The predicted molar refractivity (Wildman–Crippen MR) is 113 cm³/mol. The number of hydrogen-bond donors (Lipinski definition) is 0. The summed E-state index contributed by atoms with van der Waals surface area (Å²) in [5, 5.41) is 10.8. The van der Waals surface area contributed by atoms with Crippen molar-refractivity contribution in [1.82, 2.24) is 0 Å². The molecule has 2 aliphatic carbocycles. The molecule has 1 aromatic carbocycles. The molecule has 4 nitrogen and oxygen atoms in total. The van der Waals surface area contributed by atoms with Crippen molar-refractivity contribution < 1.29 is 14.3 Å². The third-order valence-electron chi connectivity index (χ3n) is 5.66. The Morgan fingerprint density at radius 2 is 2.03 bits per heavy atom. The van der Waals surface area contributed by atoms with E-state index in [1.165, 1.54) is 0 Å². The van der Waals surface area contributed by atoms with E-state index in [1.54, 1.807) is 18.2 Å². The number of fused-ring (bicyclic) bond motifs is 2. The lowest BCUT2D eigenvalue weighted by atomic mass is 9.84. The third kappa shape index (κ3) is 4.40. The Labute approximate surface area is 171 Å². The first-order valence-corrected chi connectivity index (χ1v) is 10.5. The van der Waals surface area contributed by atoms with Gasteiger partial charge in [0.2, 0.25) is 0 Å². The van der Waals surface area contributed by atoms with Crippen molar-refractivity contribution in [2.45, 2.75) is 52.4 Å². The average Bonchev–Trinajstić information content (AvgIpc) is 2.75. The summed E-state index contributed by atoms with van der Waals surface area (Å²) in [5.74, 6) is -0.362. The highest BCUT2D eigenvalue weighted by atomic mass is 16.5. The summed E-state index contributed by atoms with van der Waals surface area (Å²) in [4.78, 5) is 25.6. The van der Waals surface area contributed by atoms with E-state index < -0.39 is 5.97 Å². The van der Waals surface area contributed by atoms with Gasteiger partial charge in [-0.3, -0.25) is 4.79 Å². The summed E-state index contributed by atoms with van der Waals surface area (Å²) in [7, 11) is 0. The highest BCUT2D eigenvalue weighted by Crippen LogP contribution is 2.25. The van der Waals surface area contributed by atoms with Crippen LogP contribution >= 0.6 is 0 Å². The van der Waals surface area contributed by atoms with E-state index in [9.17, 15) is 14.9 Å². The van der Waals surface area contributed by atoms with Gasteiger partial charge in [-0.1, -0.05) is 63.5 Å². The highest BCUT2D eigenvalue weighted by Gasteiger charge is 2.24. The van der Waals surface area contributed by atoms with Gasteiger partial charge >= 0.3 is 5.97 Å². The Hall–Kier alpha value is -2.93. The van der Waals surface area contributed by atoms with Crippen molar-refractivity contribution in [3.63, 3.8) is 0 Å². The Balaban J connectivity index is 1.99. The maximum atomic E-state index is 12.9. The fourth-order valence-corrected chi connectivity index (χ4v) is 3.87. The molecule has 0 saturated heterocycles. The standard InChI is InChI=1S/C25H27NO3/c1-3-5-9-17(4-2)16-29-25(28)23(15-26)20-12-8-13-21-22(20)14-18-10-6-7-11-19(18)24(21)27/h8,10-14,17H,3-7,9,16H2,1-2H3/b23-20+. The number of nitriles is 1. The van der Waals surface area contributed by atoms with Crippen LogP contribution in [0.15, 0.2) is 41.5 Å². The van der Waals surface area contributed by atoms with Gasteiger partial charge in [0.1, 0.15) is 11.6 Å². The van der Waals surface area contributed by atoms with Crippen LogP contribution < -0.4 is 10.4 Å². The summed E-state index contributed by atoms with van der Waals surface area (Å²) in [6.07, 6.45) is 11.8. The molecule has 0 bridgehead atoms. The van der Waals surface area contributed by atoms with Crippen molar-refractivity contribution in [3.05, 3.63) is 57.5 Å². The summed E-state index contributed by atoms with van der Waals surface area (Å²) in [5.41, 5.74) is 2.07. The Kier molecular flexibility index (Phi) is 6.82. The first-order valence-electron chi connectivity index (χ1n) is 10.5. The minimum absolute atomic E-state index is 0.0416. The van der Waals surface area contributed by atoms with Gasteiger partial charge in [0, 0.05) is 16.4 Å². The molecule has 0 radical (unpaired) electrons. The highest BCUT2D eigenvalue weighted by molar-refractivity contribution is 6.18. The second-order valence-electron chi connectivity index (χ2n) is 7.60. The topological polar surface area (TPSA) is 67.2 Å². The summed E-state index contributed by atoms with van der Waals surface area (Å²) >= 11 is 0. The molecular formula is C25H27NO3. The van der Waals surface area contributed by atoms with Crippen LogP contribution in [0.5, 0.6) is 0 Å². The smallest absolute Gasteiger partial charge is 0.349 e. The van der Waals surface area contributed by atoms with Gasteiger partial charge in [-0.05, 0) is 42.0 Å². The molecule has 0 aromatic heterocycles. The van der Waals surface area contributed by atoms with Crippen LogP contribution in [-0.2, 0) is 9.53 Å². The fraction of sp³-hybridized carbons (Fsp3) is 0.400. The Bertz CT molecular complexity index is 1040. The van der Waals surface area contributed by atoms with Crippen molar-refractivity contribution in [2.24, 2.45) is 5.92 Å². The number of benzene rings is 1. The number of hydrogen-bond acceptors (Lipinski definition) is 4. The number of ether oxygens (including phenoxy) is 1. The van der Waals surface area contributed by atoms with Crippen LogP contribution in [0.25, 0.3) is 11.6 Å². The molecule has 1 unspecified atom stereocenters. The number of Topliss-reactive ketones (excluding diaryl/α,β-unsaturated/α-hetero) is 1. The zero-order valence-electron chi connectivity index (χ0n) is 17.2. The number of ketones is 1. The minimum atomic E-state index is -0.615. The molecule has 29 heavy (non-hydrogen) atoms. The van der Waals surface area contributed by atoms with E-state index in [1.807, 2.05) is 24.3 Å². The van der Waals surface area contributed by atoms with Crippen molar-refractivity contribution in [2.75, 3.05) is 6.61 Å². The number of unbranched alkanes of at least 4 members (excludes halogenated alkanes) is 1. The van der Waals surface area contributed by atoms with E-state index in [-0.39, 0.29) is 11.4 Å². The summed E-state index contributed by atoms with van der Waals surface area (Å²) in [6.45, 7) is 4.54. The van der Waals surface area contributed by atoms with E-state index >= 15 is 0 Å². The summed E-state index contributed by atoms with van der Waals surface area (Å²) in [6, 6.07) is 7.21. The van der Waals surface area contributed by atoms with Gasteiger partial charge in [0.05, 0.1) is 6.61 Å². The maximum absolute atomic E-state index is 12.9. The number of rotatable bonds is 7. The normalized spacial score (nSPS) is 16.9. The van der Waals surface area contributed by atoms with E-state index in [2.05, 4.69) is 13.8 Å². The molecule has 0 amide bonds. The lowest BCUT2D eigenvalue weighted by Gasteiger charge is -2.18. The molecule has 2 aliphatic rings. The van der Waals surface area contributed by atoms with Gasteiger partial charge in [0.25, 0.3) is 0 Å². The molecule has 3 rings (SSSR count). The molecule has 4 heteroatoms. The number of esters is 1. The molecule has 0 N–H and O–H groups in total. The van der Waals surface area contributed by atoms with Crippen LogP contribution in [0.2, 0.25) is 0 Å². The third-order valence-corrected chi connectivity index (χ3v) is 5.66. The molecule has 1 atom stereocenters. The molecular weight excluding hydrogens is 362 g/mol. The second-order valence-corrected chi connectivity index (χ2v) is 7.60. The molecule has 1 aromatic rings. The molecule has 0 fully saturated rings. The zero-order chi connectivity index (χ0) is 20.8. The number of carbonyl (C=O) groups is 2. The fourth-order valence-electron chi connectivity index (χ4n) is 3.87. The first-order chi connectivity index (χ1) is 14.1. The largest absolute Gasteiger partial charge is 0.461 e. The van der Waals surface area contributed by atoms with Crippen LogP contribution in [0.3, 0.4) is 0 Å². The number of carbonyl (C=O) groups excluding carboxylic acids is 2. The quantitative estimate of drug-likeness (QED) is 0.666. The Morgan fingerprint density at radius 3 is 2.76 bits per heavy atom. The van der Waals surface area contributed by atoms with Gasteiger partial charge in [-0.15, -0.1) is 0 Å². The molecule has 150 valence electrons. The predicted octanol–water partition coefficient (Wildman–Crippen LogP) is 3.74. The van der Waals surface area contributed by atoms with E-state index in [4.69, 9.17) is 4.74 Å². The van der Waals surface area contributed by atoms with Crippen LogP contribution in [0, 0.1) is 17.2 Å². The van der Waals surface area contributed by atoms with Crippen molar-refractivity contribution in [3.8, 4) is 6.07 Å². The Morgan fingerprint density at radius 1 is 1.24 bits per heavy atom. The first kappa shape index (κ1) is 20.8. The lowest BCUT2D eigenvalue weighted by molar-refractivity contribution is -0.138. The number of allylic oxidation sites excluding steroid dienone is 4. The molecule has 0 spiro atoms. The molecule has 0 aliphatic heterocycles. The maximum Gasteiger partial charge on any atom is 0.349 e. The second kappa shape index (κ2) is 9.52. The summed E-state index contributed by atoms with van der Waals surface area (Å²) < 4.78 is 5.50. The van der Waals surface area contributed by atoms with Gasteiger partial charge < -0.3 is 4.74 Å². The zero-order valence-corrected chi connectivity index (χ0v) is 17.2. The lowest BCUT2D eigenvalue weighted by Crippen LogP contribution is -2.37. The minimum Gasteiger partial charge on any atom is -0.461 e. The number of nitrogens with zero attached hydrogens (tertiary/aromatic N) is 1.